The zero-order valence-electron chi connectivity index (χ0n) is 13.2. The highest BCUT2D eigenvalue weighted by atomic mass is 16.6. The third-order valence-corrected chi connectivity index (χ3v) is 2.93. The largest absolute Gasteiger partial charge is 0.399 e. The molecular weight excluding hydrogens is 282 g/mol. The van der Waals surface area contributed by atoms with E-state index in [0.717, 1.165) is 22.6 Å². The fourth-order valence-electron chi connectivity index (χ4n) is 1.93. The molecule has 1 aromatic carbocycles. The van der Waals surface area contributed by atoms with Crippen LogP contribution >= 0.6 is 0 Å². The fraction of sp³-hybridized carbons (Fsp3) is 0.312. The molecule has 2 rings (SSSR count). The van der Waals surface area contributed by atoms with Crippen molar-refractivity contribution in [1.29, 1.82) is 0 Å². The van der Waals surface area contributed by atoms with Gasteiger partial charge in [0, 0.05) is 17.2 Å². The van der Waals surface area contributed by atoms with Crippen LogP contribution in [0.1, 0.15) is 25.1 Å². The van der Waals surface area contributed by atoms with E-state index in [4.69, 9.17) is 14.2 Å². The molecule has 0 aliphatic carbocycles. The summed E-state index contributed by atoms with van der Waals surface area (Å²) in [6, 6.07) is 9.63. The van der Waals surface area contributed by atoms with Crippen molar-refractivity contribution in [3.8, 4) is 11.3 Å². The molecule has 0 N–H and O–H groups in total. The van der Waals surface area contributed by atoms with Crippen molar-refractivity contribution < 1.29 is 14.2 Å². The van der Waals surface area contributed by atoms with E-state index in [0.29, 0.717) is 18.0 Å². The number of hydrogen-bond donors (Lipinski definition) is 0. The van der Waals surface area contributed by atoms with Crippen LogP contribution in [0.2, 0.25) is 0 Å². The second-order valence-corrected chi connectivity index (χ2v) is 4.63. The average molecular weight is 301 g/mol. The second kappa shape index (κ2) is 7.40. The predicted molar refractivity (Wildman–Crippen MR) is 85.0 cm³/mol. The summed E-state index contributed by atoms with van der Waals surface area (Å²) in [6.07, 6.45) is 0. The maximum atomic E-state index is 5.25. The van der Waals surface area contributed by atoms with Crippen molar-refractivity contribution in [2.75, 3.05) is 13.7 Å². The molecule has 22 heavy (non-hydrogen) atoms. The van der Waals surface area contributed by atoms with Crippen molar-refractivity contribution in [3.63, 3.8) is 0 Å². The maximum Gasteiger partial charge on any atom is 0.167 e. The van der Waals surface area contributed by atoms with E-state index in [-0.39, 0.29) is 0 Å². The molecule has 0 saturated heterocycles. The second-order valence-electron chi connectivity index (χ2n) is 4.63. The molecular formula is C16H19N3O3. The Morgan fingerprint density at radius 3 is 2.50 bits per heavy atom. The van der Waals surface area contributed by atoms with Crippen LogP contribution in [0.3, 0.4) is 0 Å². The van der Waals surface area contributed by atoms with Gasteiger partial charge in [-0.05, 0) is 20.8 Å². The van der Waals surface area contributed by atoms with Gasteiger partial charge in [0.05, 0.1) is 5.69 Å². The van der Waals surface area contributed by atoms with E-state index in [1.807, 2.05) is 51.1 Å². The standard InChI is InChI=1S/C16H19N3O3/c1-5-21-19-16(12(3)18-20-4)14-8-6-13(7-9-14)15-10-11(2)17-22-15/h6-10H,5H2,1-4H3/b18-12+,19-16-. The molecule has 0 aliphatic rings. The van der Waals surface area contributed by atoms with Gasteiger partial charge in [-0.1, -0.05) is 39.7 Å². The highest BCUT2D eigenvalue weighted by Gasteiger charge is 2.11. The van der Waals surface area contributed by atoms with Gasteiger partial charge in [0.1, 0.15) is 25.1 Å². The van der Waals surface area contributed by atoms with Gasteiger partial charge in [-0.2, -0.15) is 0 Å². The Balaban J connectivity index is 2.31. The molecule has 0 bridgehead atoms. The van der Waals surface area contributed by atoms with Gasteiger partial charge >= 0.3 is 0 Å². The number of hydrogen-bond acceptors (Lipinski definition) is 6. The van der Waals surface area contributed by atoms with E-state index >= 15 is 0 Å². The highest BCUT2D eigenvalue weighted by molar-refractivity contribution is 6.47. The van der Waals surface area contributed by atoms with Gasteiger partial charge in [-0.15, -0.1) is 0 Å². The van der Waals surface area contributed by atoms with Crippen LogP contribution in [0, 0.1) is 6.92 Å². The minimum Gasteiger partial charge on any atom is -0.399 e. The number of aromatic nitrogens is 1. The Bertz CT molecular complexity index is 672. The molecule has 0 spiro atoms. The average Bonchev–Trinajstić information content (AvgIpc) is 2.95. The lowest BCUT2D eigenvalue weighted by molar-refractivity contribution is 0.159. The van der Waals surface area contributed by atoms with Gasteiger partial charge in [0.15, 0.2) is 5.76 Å². The minimum atomic E-state index is 0.485. The smallest absolute Gasteiger partial charge is 0.167 e. The number of rotatable bonds is 6. The van der Waals surface area contributed by atoms with Crippen LogP contribution in [-0.2, 0) is 9.68 Å². The van der Waals surface area contributed by atoms with Crippen molar-refractivity contribution in [2.24, 2.45) is 10.3 Å². The normalized spacial score (nSPS) is 12.4. The molecule has 0 fully saturated rings. The van der Waals surface area contributed by atoms with Crippen molar-refractivity contribution in [3.05, 3.63) is 41.6 Å². The van der Waals surface area contributed by atoms with Gasteiger partial charge in [0.2, 0.25) is 0 Å². The number of aryl methyl sites for hydroxylation is 1. The van der Waals surface area contributed by atoms with Gasteiger partial charge in [-0.25, -0.2) is 0 Å². The molecule has 6 heteroatoms. The minimum absolute atomic E-state index is 0.485. The quantitative estimate of drug-likeness (QED) is 0.605. The van der Waals surface area contributed by atoms with Gasteiger partial charge < -0.3 is 14.2 Å². The fourth-order valence-corrected chi connectivity index (χ4v) is 1.93. The number of benzene rings is 1. The third-order valence-electron chi connectivity index (χ3n) is 2.93. The zero-order chi connectivity index (χ0) is 15.9. The Hall–Kier alpha value is -2.63. The van der Waals surface area contributed by atoms with Crippen molar-refractivity contribution in [1.82, 2.24) is 5.16 Å². The monoisotopic (exact) mass is 301 g/mol. The lowest BCUT2D eigenvalue weighted by atomic mass is 10.0. The molecule has 2 aromatic rings. The van der Waals surface area contributed by atoms with Crippen LogP contribution in [-0.4, -0.2) is 30.3 Å². The van der Waals surface area contributed by atoms with E-state index in [9.17, 15) is 0 Å². The molecule has 0 aliphatic heterocycles. The Kier molecular flexibility index (Phi) is 5.30. The van der Waals surface area contributed by atoms with Crippen LogP contribution in [0.5, 0.6) is 0 Å². The molecule has 0 amide bonds. The van der Waals surface area contributed by atoms with Crippen LogP contribution in [0.4, 0.5) is 0 Å². The van der Waals surface area contributed by atoms with E-state index in [1.165, 1.54) is 7.11 Å². The molecule has 6 nitrogen and oxygen atoms in total. The Morgan fingerprint density at radius 2 is 1.95 bits per heavy atom. The molecule has 0 unspecified atom stereocenters. The highest BCUT2D eigenvalue weighted by Crippen LogP contribution is 2.21. The topological polar surface area (TPSA) is 69.2 Å². The zero-order valence-corrected chi connectivity index (χ0v) is 13.2. The van der Waals surface area contributed by atoms with Gasteiger partial charge in [-0.3, -0.25) is 0 Å². The summed E-state index contributed by atoms with van der Waals surface area (Å²) in [5, 5.41) is 11.9. The van der Waals surface area contributed by atoms with Crippen LogP contribution in [0.25, 0.3) is 11.3 Å². The summed E-state index contributed by atoms with van der Waals surface area (Å²) in [4.78, 5) is 9.97. The molecule has 0 atom stereocenters. The van der Waals surface area contributed by atoms with E-state index < -0.39 is 0 Å². The summed E-state index contributed by atoms with van der Waals surface area (Å²) < 4.78 is 5.25. The molecule has 116 valence electrons. The summed E-state index contributed by atoms with van der Waals surface area (Å²) in [5.41, 5.74) is 3.94. The summed E-state index contributed by atoms with van der Waals surface area (Å²) in [6.45, 7) is 6.06. The van der Waals surface area contributed by atoms with E-state index in [1.54, 1.807) is 0 Å². The van der Waals surface area contributed by atoms with Crippen LogP contribution < -0.4 is 0 Å². The molecule has 1 heterocycles. The van der Waals surface area contributed by atoms with Crippen molar-refractivity contribution >= 4 is 11.4 Å². The van der Waals surface area contributed by atoms with Crippen molar-refractivity contribution in [2.45, 2.75) is 20.8 Å². The lowest BCUT2D eigenvalue weighted by Gasteiger charge is -2.06. The molecule has 1 aromatic heterocycles. The first-order valence-corrected chi connectivity index (χ1v) is 6.98. The number of oxime groups is 2. The number of nitrogens with zero attached hydrogens (tertiary/aromatic N) is 3. The Morgan fingerprint density at radius 1 is 1.23 bits per heavy atom. The summed E-state index contributed by atoms with van der Waals surface area (Å²) >= 11 is 0. The summed E-state index contributed by atoms with van der Waals surface area (Å²) in [7, 11) is 1.50. The SMILES string of the molecule is CCO/N=C(/C(C)=N/OC)c1ccc(-c2cc(C)no2)cc1. The summed E-state index contributed by atoms with van der Waals surface area (Å²) in [5.74, 6) is 0.731. The molecule has 0 radical (unpaired) electrons. The van der Waals surface area contributed by atoms with Gasteiger partial charge in [0.25, 0.3) is 0 Å². The third kappa shape index (κ3) is 3.72. The molecule has 0 saturated carbocycles. The van der Waals surface area contributed by atoms with Crippen LogP contribution in [0.15, 0.2) is 45.2 Å². The Labute approximate surface area is 129 Å². The first-order valence-electron chi connectivity index (χ1n) is 6.98. The lowest BCUT2D eigenvalue weighted by Crippen LogP contribution is -2.13. The first kappa shape index (κ1) is 15.8. The first-order chi connectivity index (χ1) is 10.7. The predicted octanol–water partition coefficient (Wildman–Crippen LogP) is 3.41. The van der Waals surface area contributed by atoms with E-state index in [2.05, 4.69) is 15.5 Å². The maximum absolute atomic E-state index is 5.25.